The van der Waals surface area contributed by atoms with Crippen LogP contribution >= 0.6 is 0 Å². The predicted octanol–water partition coefficient (Wildman–Crippen LogP) is 4.73. The van der Waals surface area contributed by atoms with E-state index in [0.717, 1.165) is 10.9 Å². The molecule has 0 saturated carbocycles. The number of carbonyl (C=O) groups is 1. The van der Waals surface area contributed by atoms with Crippen LogP contribution in [0, 0.1) is 5.82 Å². The molecule has 0 spiro atoms. The van der Waals surface area contributed by atoms with Crippen molar-refractivity contribution < 1.29 is 28.5 Å². The molecule has 3 N–H and O–H groups in total. The number of ketones is 1. The van der Waals surface area contributed by atoms with Crippen molar-refractivity contribution in [1.82, 2.24) is 4.98 Å². The topological polar surface area (TPSA) is 92.8 Å². The molecule has 176 valence electrons. The van der Waals surface area contributed by atoms with Crippen LogP contribution < -0.4 is 19.5 Å². The molecular weight excluding hydrogens is 439 g/mol. The van der Waals surface area contributed by atoms with Crippen LogP contribution in [0.25, 0.3) is 10.9 Å². The fourth-order valence-corrected chi connectivity index (χ4v) is 3.77. The zero-order valence-corrected chi connectivity index (χ0v) is 18.8. The number of aliphatic hydroxyl groups is 1. The summed E-state index contributed by atoms with van der Waals surface area (Å²) in [5.74, 6) is 0.509. The first-order valence-electron chi connectivity index (χ1n) is 10.7. The lowest BCUT2D eigenvalue weighted by molar-refractivity contribution is 0.0968. The first-order chi connectivity index (χ1) is 16.5. The molecule has 0 saturated heterocycles. The Kier molecular flexibility index (Phi) is 6.98. The third-order valence-corrected chi connectivity index (χ3v) is 5.39. The van der Waals surface area contributed by atoms with Crippen LogP contribution in [0.4, 0.5) is 10.1 Å². The maximum Gasteiger partial charge on any atom is 0.189 e. The number of halogens is 1. The van der Waals surface area contributed by atoms with E-state index in [2.05, 4.69) is 10.3 Å². The van der Waals surface area contributed by atoms with Crippen LogP contribution in [0.2, 0.25) is 0 Å². The summed E-state index contributed by atoms with van der Waals surface area (Å²) in [5.41, 5.74) is 2.41. The second kappa shape index (κ2) is 10.3. The maximum atomic E-state index is 13.9. The van der Waals surface area contributed by atoms with Crippen LogP contribution in [0.15, 0.2) is 66.9 Å². The highest BCUT2D eigenvalue weighted by atomic mass is 19.1. The molecule has 0 fully saturated rings. The molecule has 8 heteroatoms. The number of anilines is 1. The van der Waals surface area contributed by atoms with Crippen molar-refractivity contribution in [2.24, 2.45) is 0 Å². The number of ether oxygens (including phenoxy) is 3. The SMILES string of the molecule is COc1cc(NC(C(=O)c2ccc3[nH]ccc3c2)c2ccc(F)cc2OC)cc(OCCO)c1. The summed E-state index contributed by atoms with van der Waals surface area (Å²) in [6.45, 7) is -0.0348. The average Bonchev–Trinajstić information content (AvgIpc) is 3.33. The predicted molar refractivity (Wildman–Crippen MR) is 128 cm³/mol. The van der Waals surface area contributed by atoms with Crippen molar-refractivity contribution >= 4 is 22.4 Å². The Morgan fingerprint density at radius 3 is 2.62 bits per heavy atom. The number of nitrogens with one attached hydrogen (secondary N) is 2. The van der Waals surface area contributed by atoms with Gasteiger partial charge in [-0.1, -0.05) is 0 Å². The number of benzene rings is 3. The van der Waals surface area contributed by atoms with E-state index in [9.17, 15) is 9.18 Å². The van der Waals surface area contributed by atoms with Gasteiger partial charge in [0.25, 0.3) is 0 Å². The van der Waals surface area contributed by atoms with Crippen molar-refractivity contribution in [2.45, 2.75) is 6.04 Å². The number of carbonyl (C=O) groups excluding carboxylic acids is 1. The second-order valence-corrected chi connectivity index (χ2v) is 7.58. The van der Waals surface area contributed by atoms with Crippen molar-refractivity contribution in [3.63, 3.8) is 0 Å². The number of methoxy groups -OCH3 is 2. The fraction of sp³-hybridized carbons (Fsp3) is 0.192. The van der Waals surface area contributed by atoms with Crippen LogP contribution in [-0.4, -0.2) is 43.3 Å². The number of fused-ring (bicyclic) bond motifs is 1. The number of Topliss-reactive ketones (excluding diaryl/α,β-unsaturated/α-hetero) is 1. The molecule has 0 bridgehead atoms. The normalized spacial score (nSPS) is 11.8. The van der Waals surface area contributed by atoms with Gasteiger partial charge in [-0.05, 0) is 36.4 Å². The minimum Gasteiger partial charge on any atom is -0.497 e. The molecule has 7 nitrogen and oxygen atoms in total. The Hall–Kier alpha value is -4.04. The summed E-state index contributed by atoms with van der Waals surface area (Å²) >= 11 is 0. The number of rotatable bonds is 10. The molecule has 0 aliphatic heterocycles. The van der Waals surface area contributed by atoms with Gasteiger partial charge in [-0.3, -0.25) is 4.79 Å². The molecule has 0 aliphatic rings. The van der Waals surface area contributed by atoms with Gasteiger partial charge < -0.3 is 29.6 Å². The molecule has 3 aromatic carbocycles. The first kappa shape index (κ1) is 23.1. The monoisotopic (exact) mass is 464 g/mol. The van der Waals surface area contributed by atoms with E-state index in [4.69, 9.17) is 19.3 Å². The number of aliphatic hydroxyl groups excluding tert-OH is 1. The van der Waals surface area contributed by atoms with Gasteiger partial charge >= 0.3 is 0 Å². The molecule has 1 heterocycles. The Morgan fingerprint density at radius 2 is 1.85 bits per heavy atom. The third kappa shape index (κ3) is 4.97. The average molecular weight is 464 g/mol. The molecular formula is C26H25FN2O5. The first-order valence-corrected chi connectivity index (χ1v) is 10.7. The number of aromatic nitrogens is 1. The molecule has 4 aromatic rings. The Labute approximate surface area is 196 Å². The zero-order chi connectivity index (χ0) is 24.1. The molecule has 0 aliphatic carbocycles. The smallest absolute Gasteiger partial charge is 0.189 e. The number of hydrogen-bond acceptors (Lipinski definition) is 6. The Bertz CT molecular complexity index is 1300. The number of H-pyrrole nitrogens is 1. The summed E-state index contributed by atoms with van der Waals surface area (Å²) < 4.78 is 30.2. The standard InChI is InChI=1S/C26H25FN2O5/c1-32-20-13-19(14-21(15-20)34-10-9-30)29-25(22-5-4-18(27)12-24(22)33-2)26(31)17-3-6-23-16(11-17)7-8-28-23/h3-8,11-15,25,28-30H,9-10H2,1-2H3. The van der Waals surface area contributed by atoms with Crippen LogP contribution in [0.5, 0.6) is 17.2 Å². The van der Waals surface area contributed by atoms with Crippen molar-refractivity contribution in [1.29, 1.82) is 0 Å². The highest BCUT2D eigenvalue weighted by Gasteiger charge is 2.26. The highest BCUT2D eigenvalue weighted by molar-refractivity contribution is 6.04. The number of hydrogen-bond donors (Lipinski definition) is 3. The van der Waals surface area contributed by atoms with Gasteiger partial charge in [-0.2, -0.15) is 0 Å². The molecule has 0 radical (unpaired) electrons. The summed E-state index contributed by atoms with van der Waals surface area (Å²) in [7, 11) is 2.95. The van der Waals surface area contributed by atoms with Crippen molar-refractivity contribution in [2.75, 3.05) is 32.8 Å². The third-order valence-electron chi connectivity index (χ3n) is 5.39. The lowest BCUT2D eigenvalue weighted by Crippen LogP contribution is -2.22. The van der Waals surface area contributed by atoms with E-state index < -0.39 is 11.9 Å². The summed E-state index contributed by atoms with van der Waals surface area (Å²) in [6, 6.07) is 15.5. The molecule has 1 aromatic heterocycles. The van der Waals surface area contributed by atoms with Gasteiger partial charge in [0.15, 0.2) is 5.78 Å². The van der Waals surface area contributed by atoms with E-state index in [1.807, 2.05) is 18.3 Å². The highest BCUT2D eigenvalue weighted by Crippen LogP contribution is 2.34. The van der Waals surface area contributed by atoms with Crippen LogP contribution in [0.1, 0.15) is 22.0 Å². The lowest BCUT2D eigenvalue weighted by atomic mass is 9.95. The second-order valence-electron chi connectivity index (χ2n) is 7.58. The van der Waals surface area contributed by atoms with E-state index >= 15 is 0 Å². The zero-order valence-electron chi connectivity index (χ0n) is 18.8. The Balaban J connectivity index is 1.77. The summed E-state index contributed by atoms with van der Waals surface area (Å²) in [6.07, 6.45) is 1.81. The minimum atomic E-state index is -0.898. The molecule has 34 heavy (non-hydrogen) atoms. The fourth-order valence-electron chi connectivity index (χ4n) is 3.77. The summed E-state index contributed by atoms with van der Waals surface area (Å²) in [5, 5.41) is 13.2. The summed E-state index contributed by atoms with van der Waals surface area (Å²) in [4.78, 5) is 16.9. The van der Waals surface area contributed by atoms with E-state index in [1.165, 1.54) is 32.4 Å². The molecule has 0 amide bonds. The Morgan fingerprint density at radius 1 is 1.03 bits per heavy atom. The van der Waals surface area contributed by atoms with Crippen LogP contribution in [0.3, 0.4) is 0 Å². The maximum absolute atomic E-state index is 13.9. The van der Waals surface area contributed by atoms with E-state index in [-0.39, 0.29) is 24.7 Å². The quantitative estimate of drug-likeness (QED) is 0.294. The number of aromatic amines is 1. The van der Waals surface area contributed by atoms with Crippen molar-refractivity contribution in [3.8, 4) is 17.2 Å². The largest absolute Gasteiger partial charge is 0.497 e. The van der Waals surface area contributed by atoms with Gasteiger partial charge in [0, 0.05) is 58.2 Å². The molecule has 4 rings (SSSR count). The van der Waals surface area contributed by atoms with Crippen molar-refractivity contribution in [3.05, 3.63) is 83.8 Å². The van der Waals surface area contributed by atoms with Gasteiger partial charge in [-0.15, -0.1) is 0 Å². The van der Waals surface area contributed by atoms with Gasteiger partial charge in [0.05, 0.1) is 20.8 Å². The van der Waals surface area contributed by atoms with Gasteiger partial charge in [0.2, 0.25) is 0 Å². The van der Waals surface area contributed by atoms with E-state index in [1.54, 1.807) is 30.3 Å². The van der Waals surface area contributed by atoms with Gasteiger partial charge in [0.1, 0.15) is 35.7 Å². The minimum absolute atomic E-state index is 0.109. The van der Waals surface area contributed by atoms with Gasteiger partial charge in [-0.25, -0.2) is 4.39 Å². The van der Waals surface area contributed by atoms with Crippen LogP contribution in [-0.2, 0) is 0 Å². The molecule has 1 unspecified atom stereocenters. The lowest BCUT2D eigenvalue weighted by Gasteiger charge is -2.22. The molecule has 1 atom stereocenters. The van der Waals surface area contributed by atoms with E-state index in [0.29, 0.717) is 28.3 Å².